The molecule has 1 aliphatic heterocycles. The van der Waals surface area contributed by atoms with Gasteiger partial charge >= 0.3 is 0 Å². The summed E-state index contributed by atoms with van der Waals surface area (Å²) in [6.07, 6.45) is 7.22. The SMILES string of the molecule is CC(C)N1CCC(C(C)(C)CCCc2ccccc2C(C)(C)Cc2ccc(F)c(C(C)(C)C)c2)CC1. The normalized spacial score (nSPS) is 16.6. The van der Waals surface area contributed by atoms with Gasteiger partial charge in [0.05, 0.1) is 0 Å². The number of rotatable bonds is 9. The zero-order valence-corrected chi connectivity index (χ0v) is 24.7. The van der Waals surface area contributed by atoms with Crippen molar-refractivity contribution in [3.63, 3.8) is 0 Å². The minimum Gasteiger partial charge on any atom is -0.301 e. The van der Waals surface area contributed by atoms with E-state index in [1.54, 1.807) is 6.07 Å². The Kier molecular flexibility index (Phi) is 9.13. The molecule has 36 heavy (non-hydrogen) atoms. The number of halogens is 1. The lowest BCUT2D eigenvalue weighted by Crippen LogP contribution is -2.42. The van der Waals surface area contributed by atoms with Gasteiger partial charge in [0, 0.05) is 6.04 Å². The van der Waals surface area contributed by atoms with E-state index in [-0.39, 0.29) is 16.6 Å². The van der Waals surface area contributed by atoms with Crippen LogP contribution in [0.15, 0.2) is 42.5 Å². The van der Waals surface area contributed by atoms with E-state index >= 15 is 0 Å². The molecule has 2 aromatic carbocycles. The van der Waals surface area contributed by atoms with Crippen molar-refractivity contribution >= 4 is 0 Å². The molecule has 1 saturated heterocycles. The summed E-state index contributed by atoms with van der Waals surface area (Å²) in [6.45, 7) is 23.1. The number of hydrogen-bond donors (Lipinski definition) is 0. The molecule has 0 amide bonds. The maximum absolute atomic E-state index is 14.5. The van der Waals surface area contributed by atoms with Crippen LogP contribution in [-0.2, 0) is 23.7 Å². The predicted octanol–water partition coefficient (Wildman–Crippen LogP) is 9.11. The molecule has 0 atom stereocenters. The Hall–Kier alpha value is -1.67. The molecular formula is C34H52FN. The van der Waals surface area contributed by atoms with Crippen molar-refractivity contribution < 1.29 is 4.39 Å². The zero-order valence-electron chi connectivity index (χ0n) is 24.7. The fraction of sp³-hybridized carbons (Fsp3) is 0.647. The lowest BCUT2D eigenvalue weighted by atomic mass is 9.70. The standard InChI is InChI=1S/C34H52FN/c1-25(2)36-21-18-28(19-22-36)33(6,7)20-12-14-27-13-10-11-15-29(27)34(8,9)24-26-16-17-31(35)30(23-26)32(3,4)5/h10-11,13,15-17,23,25,28H,12,14,18-22,24H2,1-9H3. The summed E-state index contributed by atoms with van der Waals surface area (Å²) in [5.41, 5.74) is 5.13. The summed E-state index contributed by atoms with van der Waals surface area (Å²) < 4.78 is 14.5. The fourth-order valence-electron chi connectivity index (χ4n) is 6.40. The van der Waals surface area contributed by atoms with Crippen molar-refractivity contribution in [1.29, 1.82) is 0 Å². The van der Waals surface area contributed by atoms with Gasteiger partial charge in [0.15, 0.2) is 0 Å². The lowest BCUT2D eigenvalue weighted by molar-refractivity contribution is 0.0768. The first-order valence-electron chi connectivity index (χ1n) is 14.3. The van der Waals surface area contributed by atoms with Crippen molar-refractivity contribution in [2.45, 2.75) is 118 Å². The van der Waals surface area contributed by atoms with E-state index in [2.05, 4.69) is 97.5 Å². The van der Waals surface area contributed by atoms with Gasteiger partial charge in [-0.15, -0.1) is 0 Å². The lowest BCUT2D eigenvalue weighted by Gasteiger charge is -2.42. The molecule has 1 aliphatic rings. The minimum absolute atomic E-state index is 0.0111. The molecule has 0 spiro atoms. The smallest absolute Gasteiger partial charge is 0.126 e. The van der Waals surface area contributed by atoms with E-state index in [9.17, 15) is 4.39 Å². The summed E-state index contributed by atoms with van der Waals surface area (Å²) in [6, 6.07) is 15.4. The first-order chi connectivity index (χ1) is 16.7. The molecule has 1 heterocycles. The van der Waals surface area contributed by atoms with E-state index in [0.717, 1.165) is 24.3 Å². The van der Waals surface area contributed by atoms with Crippen molar-refractivity contribution in [3.8, 4) is 0 Å². The topological polar surface area (TPSA) is 3.24 Å². The maximum atomic E-state index is 14.5. The summed E-state index contributed by atoms with van der Waals surface area (Å²) in [5, 5.41) is 0. The summed E-state index contributed by atoms with van der Waals surface area (Å²) in [7, 11) is 0. The van der Waals surface area contributed by atoms with Gasteiger partial charge in [0.25, 0.3) is 0 Å². The maximum Gasteiger partial charge on any atom is 0.126 e. The quantitative estimate of drug-likeness (QED) is 0.337. The van der Waals surface area contributed by atoms with Crippen LogP contribution in [0.1, 0.15) is 110 Å². The van der Waals surface area contributed by atoms with Crippen LogP contribution in [0, 0.1) is 17.2 Å². The second-order valence-corrected chi connectivity index (χ2v) is 14.0. The third-order valence-electron chi connectivity index (χ3n) is 8.86. The van der Waals surface area contributed by atoms with Crippen LogP contribution in [0.4, 0.5) is 4.39 Å². The van der Waals surface area contributed by atoms with Crippen LogP contribution >= 0.6 is 0 Å². The van der Waals surface area contributed by atoms with Crippen LogP contribution in [-0.4, -0.2) is 24.0 Å². The first-order valence-corrected chi connectivity index (χ1v) is 14.3. The monoisotopic (exact) mass is 493 g/mol. The second kappa shape index (κ2) is 11.4. The van der Waals surface area contributed by atoms with Crippen LogP contribution in [0.3, 0.4) is 0 Å². The van der Waals surface area contributed by atoms with E-state index in [1.165, 1.54) is 55.5 Å². The van der Waals surface area contributed by atoms with Gasteiger partial charge < -0.3 is 4.90 Å². The largest absolute Gasteiger partial charge is 0.301 e. The Bertz CT molecular complexity index is 986. The van der Waals surface area contributed by atoms with Gasteiger partial charge in [-0.1, -0.05) is 84.9 Å². The van der Waals surface area contributed by atoms with E-state index in [0.29, 0.717) is 11.5 Å². The first kappa shape index (κ1) is 28.9. The highest BCUT2D eigenvalue weighted by atomic mass is 19.1. The summed E-state index contributed by atoms with van der Waals surface area (Å²) >= 11 is 0. The molecule has 0 aliphatic carbocycles. The summed E-state index contributed by atoms with van der Waals surface area (Å²) in [5.74, 6) is 0.733. The molecule has 0 unspecified atom stereocenters. The number of benzene rings is 2. The highest BCUT2D eigenvalue weighted by molar-refractivity contribution is 5.37. The number of piperidine rings is 1. The van der Waals surface area contributed by atoms with Gasteiger partial charge in [-0.2, -0.15) is 0 Å². The van der Waals surface area contributed by atoms with Crippen LogP contribution in [0.2, 0.25) is 0 Å². The second-order valence-electron chi connectivity index (χ2n) is 14.0. The zero-order chi connectivity index (χ0) is 26.7. The molecular weight excluding hydrogens is 441 g/mol. The molecule has 0 saturated carbocycles. The highest BCUT2D eigenvalue weighted by Crippen LogP contribution is 2.40. The Morgan fingerprint density at radius 2 is 1.53 bits per heavy atom. The third kappa shape index (κ3) is 7.21. The van der Waals surface area contributed by atoms with Gasteiger partial charge in [0.1, 0.15) is 5.82 Å². The van der Waals surface area contributed by atoms with Crippen molar-refractivity contribution in [1.82, 2.24) is 4.90 Å². The molecule has 200 valence electrons. The van der Waals surface area contributed by atoms with E-state index in [4.69, 9.17) is 0 Å². The predicted molar refractivity (Wildman–Crippen MR) is 154 cm³/mol. The van der Waals surface area contributed by atoms with Crippen molar-refractivity contribution in [3.05, 3.63) is 70.5 Å². The minimum atomic E-state index is -0.194. The Labute approximate surface area is 221 Å². The molecule has 0 bridgehead atoms. The van der Waals surface area contributed by atoms with Gasteiger partial charge in [0.2, 0.25) is 0 Å². The molecule has 1 fully saturated rings. The highest BCUT2D eigenvalue weighted by Gasteiger charge is 2.33. The average Bonchev–Trinajstić information content (AvgIpc) is 2.79. The molecule has 2 aromatic rings. The number of hydrogen-bond acceptors (Lipinski definition) is 1. The number of likely N-dealkylation sites (tertiary alicyclic amines) is 1. The van der Waals surface area contributed by atoms with Crippen LogP contribution in [0.5, 0.6) is 0 Å². The van der Waals surface area contributed by atoms with Gasteiger partial charge in [-0.05, 0) is 116 Å². The van der Waals surface area contributed by atoms with Crippen LogP contribution in [0.25, 0.3) is 0 Å². The Balaban J connectivity index is 1.67. The van der Waals surface area contributed by atoms with E-state index in [1.807, 2.05) is 6.07 Å². The molecule has 3 rings (SSSR count). The van der Waals surface area contributed by atoms with E-state index < -0.39 is 0 Å². The third-order valence-corrected chi connectivity index (χ3v) is 8.86. The Morgan fingerprint density at radius 3 is 2.14 bits per heavy atom. The number of aryl methyl sites for hydroxylation is 1. The van der Waals surface area contributed by atoms with Crippen molar-refractivity contribution in [2.24, 2.45) is 11.3 Å². The molecule has 1 nitrogen and oxygen atoms in total. The van der Waals surface area contributed by atoms with Gasteiger partial charge in [-0.25, -0.2) is 4.39 Å². The summed E-state index contributed by atoms with van der Waals surface area (Å²) in [4.78, 5) is 2.64. The van der Waals surface area contributed by atoms with Crippen LogP contribution < -0.4 is 0 Å². The Morgan fingerprint density at radius 1 is 0.889 bits per heavy atom. The van der Waals surface area contributed by atoms with Crippen molar-refractivity contribution in [2.75, 3.05) is 13.1 Å². The molecule has 0 radical (unpaired) electrons. The fourth-order valence-corrected chi connectivity index (χ4v) is 6.40. The molecule has 0 N–H and O–H groups in total. The average molecular weight is 494 g/mol. The molecule has 0 aromatic heterocycles. The molecule has 2 heteroatoms. The van der Waals surface area contributed by atoms with Gasteiger partial charge in [-0.3, -0.25) is 0 Å². The number of nitrogens with zero attached hydrogens (tertiary/aromatic N) is 1.